The van der Waals surface area contributed by atoms with Gasteiger partial charge in [0.1, 0.15) is 0 Å². The van der Waals surface area contributed by atoms with E-state index >= 15 is 0 Å². The van der Waals surface area contributed by atoms with Crippen LogP contribution in [-0.2, 0) is 4.79 Å². The fourth-order valence-electron chi connectivity index (χ4n) is 1.99. The Labute approximate surface area is 115 Å². The topological polar surface area (TPSA) is 77.2 Å². The molecule has 0 fully saturated rings. The van der Waals surface area contributed by atoms with Gasteiger partial charge in [0.25, 0.3) is 0 Å². The number of fused-ring (bicyclic) bond motifs is 1. The quantitative estimate of drug-likeness (QED) is 0.672. The first kappa shape index (κ1) is 13.8. The minimum atomic E-state index is -0.512. The van der Waals surface area contributed by atoms with E-state index in [0.717, 1.165) is 23.5 Å². The van der Waals surface area contributed by atoms with Gasteiger partial charge in [0, 0.05) is 29.6 Å². The maximum atomic E-state index is 11.7. The molecular weight excluding hydrogens is 258 g/mol. The average molecular weight is 273 g/mol. The summed E-state index contributed by atoms with van der Waals surface area (Å²) in [7, 11) is 0. The lowest BCUT2D eigenvalue weighted by atomic mass is 10.2. The zero-order chi connectivity index (χ0) is 14.5. The minimum absolute atomic E-state index is 0.0851. The molecule has 6 heteroatoms. The molecule has 0 aliphatic heterocycles. The summed E-state index contributed by atoms with van der Waals surface area (Å²) in [5, 5.41) is 11.3. The molecule has 1 aromatic carbocycles. The molecule has 0 spiro atoms. The first-order valence-electron chi connectivity index (χ1n) is 6.33. The van der Waals surface area contributed by atoms with E-state index in [4.69, 9.17) is 0 Å². The van der Waals surface area contributed by atoms with Crippen LogP contribution in [0, 0.1) is 10.1 Å². The van der Waals surface area contributed by atoms with Crippen LogP contribution in [0.25, 0.3) is 17.0 Å². The molecule has 1 aromatic heterocycles. The van der Waals surface area contributed by atoms with Crippen LogP contribution in [0.3, 0.4) is 0 Å². The monoisotopic (exact) mass is 273 g/mol. The van der Waals surface area contributed by atoms with Crippen molar-refractivity contribution in [1.82, 2.24) is 4.68 Å². The third kappa shape index (κ3) is 3.03. The van der Waals surface area contributed by atoms with Gasteiger partial charge in [-0.25, -0.2) is 0 Å². The fraction of sp³-hybridized carbons (Fsp3) is 0.214. The number of carbonyl (C=O) groups is 1. The second kappa shape index (κ2) is 6.01. The number of nitro groups is 1. The molecule has 2 aromatic rings. The van der Waals surface area contributed by atoms with Gasteiger partial charge in [-0.1, -0.05) is 25.1 Å². The first-order valence-corrected chi connectivity index (χ1v) is 6.33. The zero-order valence-corrected chi connectivity index (χ0v) is 11.1. The Bertz CT molecular complexity index is 673. The van der Waals surface area contributed by atoms with Crippen molar-refractivity contribution in [1.29, 1.82) is 0 Å². The highest BCUT2D eigenvalue weighted by Gasteiger charge is 2.08. The maximum Gasteiger partial charge on any atom is 0.238 e. The van der Waals surface area contributed by atoms with Gasteiger partial charge in [0.2, 0.25) is 12.1 Å². The van der Waals surface area contributed by atoms with E-state index in [-0.39, 0.29) is 5.91 Å². The number of benzene rings is 1. The Morgan fingerprint density at radius 3 is 2.90 bits per heavy atom. The molecule has 0 radical (unpaired) electrons. The Hall–Kier alpha value is -2.63. The van der Waals surface area contributed by atoms with Crippen LogP contribution in [0.15, 0.2) is 36.7 Å². The second-order valence-electron chi connectivity index (χ2n) is 4.36. The van der Waals surface area contributed by atoms with Gasteiger partial charge >= 0.3 is 0 Å². The van der Waals surface area contributed by atoms with Crippen LogP contribution in [0.4, 0.5) is 0 Å². The lowest BCUT2D eigenvalue weighted by Gasteiger charge is -2.06. The number of rotatable bonds is 5. The van der Waals surface area contributed by atoms with Gasteiger partial charge in [0.05, 0.1) is 10.4 Å². The summed E-state index contributed by atoms with van der Waals surface area (Å²) in [6.07, 6.45) is 5.19. The van der Waals surface area contributed by atoms with Crippen molar-refractivity contribution in [3.8, 4) is 0 Å². The highest BCUT2D eigenvalue weighted by atomic mass is 16.6. The van der Waals surface area contributed by atoms with E-state index in [0.29, 0.717) is 12.0 Å². The van der Waals surface area contributed by atoms with Gasteiger partial charge in [-0.2, -0.15) is 0 Å². The molecule has 20 heavy (non-hydrogen) atoms. The number of nitrogens with zero attached hydrogens (tertiary/aromatic N) is 2. The third-order valence-corrected chi connectivity index (χ3v) is 2.84. The molecule has 0 saturated carbocycles. The number of hydrogen-bond donors (Lipinski definition) is 1. The lowest BCUT2D eigenvalue weighted by molar-refractivity contribution is -0.400. The molecule has 6 nitrogen and oxygen atoms in total. The minimum Gasteiger partial charge on any atom is -0.273 e. The average Bonchev–Trinajstić information content (AvgIpc) is 2.75. The van der Waals surface area contributed by atoms with E-state index in [9.17, 15) is 14.9 Å². The fourth-order valence-corrected chi connectivity index (χ4v) is 1.99. The van der Waals surface area contributed by atoms with E-state index < -0.39 is 4.92 Å². The molecule has 0 aliphatic rings. The Morgan fingerprint density at radius 1 is 1.45 bits per heavy atom. The van der Waals surface area contributed by atoms with Crippen molar-refractivity contribution in [2.75, 3.05) is 5.43 Å². The molecule has 0 saturated heterocycles. The summed E-state index contributed by atoms with van der Waals surface area (Å²) >= 11 is 0. The van der Waals surface area contributed by atoms with E-state index in [2.05, 4.69) is 5.43 Å². The first-order chi connectivity index (χ1) is 9.61. The summed E-state index contributed by atoms with van der Waals surface area (Å²) in [6.45, 7) is 1.93. The molecule has 1 N–H and O–H groups in total. The number of aromatic nitrogens is 1. The number of hydrogen-bond acceptors (Lipinski definition) is 3. The van der Waals surface area contributed by atoms with Crippen LogP contribution >= 0.6 is 0 Å². The number of para-hydroxylation sites is 1. The van der Waals surface area contributed by atoms with Crippen molar-refractivity contribution in [2.45, 2.75) is 19.8 Å². The van der Waals surface area contributed by atoms with Crippen molar-refractivity contribution in [3.05, 3.63) is 52.3 Å². The van der Waals surface area contributed by atoms with E-state index in [1.54, 1.807) is 10.9 Å². The van der Waals surface area contributed by atoms with Gasteiger partial charge in [-0.05, 0) is 12.5 Å². The summed E-state index contributed by atoms with van der Waals surface area (Å²) in [4.78, 5) is 21.6. The van der Waals surface area contributed by atoms with Crippen molar-refractivity contribution >= 4 is 22.9 Å². The van der Waals surface area contributed by atoms with Crippen LogP contribution in [0.5, 0.6) is 0 Å². The van der Waals surface area contributed by atoms with Gasteiger partial charge in [0.15, 0.2) is 0 Å². The molecule has 0 bridgehead atoms. The van der Waals surface area contributed by atoms with Crippen molar-refractivity contribution in [2.24, 2.45) is 0 Å². The van der Waals surface area contributed by atoms with Crippen LogP contribution in [0.1, 0.15) is 25.3 Å². The number of amides is 1. The van der Waals surface area contributed by atoms with Gasteiger partial charge in [-0.3, -0.25) is 25.0 Å². The number of carbonyl (C=O) groups excluding carboxylic acids is 1. The molecule has 0 unspecified atom stereocenters. The molecule has 1 amide bonds. The molecule has 1 heterocycles. The van der Waals surface area contributed by atoms with Crippen molar-refractivity contribution in [3.63, 3.8) is 0 Å². The van der Waals surface area contributed by atoms with E-state index in [1.165, 1.54) is 6.08 Å². The predicted molar refractivity (Wildman–Crippen MR) is 77.2 cm³/mol. The predicted octanol–water partition coefficient (Wildman–Crippen LogP) is 2.76. The largest absolute Gasteiger partial charge is 0.273 e. The molecule has 104 valence electrons. The summed E-state index contributed by atoms with van der Waals surface area (Å²) < 4.78 is 1.60. The SMILES string of the molecule is CCCC(=O)Nn1cc(C=C[N+](=O)[O-])c2ccccc21. The van der Waals surface area contributed by atoms with E-state index in [1.807, 2.05) is 31.2 Å². The standard InChI is InChI=1S/C14H15N3O3/c1-2-5-14(18)15-16-10-11(8-9-17(19)20)12-6-3-4-7-13(12)16/h3-4,6-10H,2,5H2,1H3,(H,15,18). The lowest BCUT2D eigenvalue weighted by Crippen LogP contribution is -2.21. The summed E-state index contributed by atoms with van der Waals surface area (Å²) in [6, 6.07) is 7.42. The normalized spacial score (nSPS) is 11.1. The molecule has 0 aliphatic carbocycles. The Morgan fingerprint density at radius 2 is 2.20 bits per heavy atom. The highest BCUT2D eigenvalue weighted by Crippen LogP contribution is 2.21. The molecule has 0 atom stereocenters. The Kier molecular flexibility index (Phi) is 4.14. The van der Waals surface area contributed by atoms with Gasteiger partial charge in [-0.15, -0.1) is 0 Å². The summed E-state index contributed by atoms with van der Waals surface area (Å²) in [5.74, 6) is -0.0851. The van der Waals surface area contributed by atoms with Gasteiger partial charge < -0.3 is 0 Å². The second-order valence-corrected chi connectivity index (χ2v) is 4.36. The summed E-state index contributed by atoms with van der Waals surface area (Å²) in [5.41, 5.74) is 4.26. The number of nitrogens with one attached hydrogen (secondary N) is 1. The molecule has 2 rings (SSSR count). The van der Waals surface area contributed by atoms with Crippen LogP contribution < -0.4 is 5.43 Å². The maximum absolute atomic E-state index is 11.7. The van der Waals surface area contributed by atoms with Crippen LogP contribution in [-0.4, -0.2) is 15.5 Å². The van der Waals surface area contributed by atoms with Crippen LogP contribution in [0.2, 0.25) is 0 Å². The third-order valence-electron chi connectivity index (χ3n) is 2.84. The van der Waals surface area contributed by atoms with Crippen molar-refractivity contribution < 1.29 is 9.72 Å². The molecular formula is C14H15N3O3. The highest BCUT2D eigenvalue weighted by molar-refractivity contribution is 5.92. The zero-order valence-electron chi connectivity index (χ0n) is 11.1. The smallest absolute Gasteiger partial charge is 0.238 e. The Balaban J connectivity index is 2.40.